The molecule has 3 atom stereocenters. The summed E-state index contributed by atoms with van der Waals surface area (Å²) in [6.07, 6.45) is -1.18. The molecule has 4 aromatic rings. The van der Waals surface area contributed by atoms with Crippen molar-refractivity contribution >= 4 is 22.6 Å². The van der Waals surface area contributed by atoms with Crippen LogP contribution in [-0.4, -0.2) is 80.5 Å². The van der Waals surface area contributed by atoms with Crippen LogP contribution in [-0.2, 0) is 29.1 Å². The van der Waals surface area contributed by atoms with E-state index in [0.717, 1.165) is 27.5 Å². The van der Waals surface area contributed by atoms with Crippen LogP contribution in [0.1, 0.15) is 16.7 Å². The van der Waals surface area contributed by atoms with E-state index in [4.69, 9.17) is 0 Å². The zero-order valence-electron chi connectivity index (χ0n) is 23.5. The van der Waals surface area contributed by atoms with E-state index in [1.54, 1.807) is 41.2 Å². The number of nitrogens with zero attached hydrogens (tertiary/aromatic N) is 4. The van der Waals surface area contributed by atoms with E-state index < -0.39 is 18.6 Å². The average molecular weight is 566 g/mol. The molecule has 0 saturated carbocycles. The zero-order chi connectivity index (χ0) is 29.2. The van der Waals surface area contributed by atoms with Crippen molar-refractivity contribution in [2.45, 2.75) is 38.1 Å². The lowest BCUT2D eigenvalue weighted by molar-refractivity contribution is -0.178. The van der Waals surface area contributed by atoms with Gasteiger partial charge in [0.2, 0.25) is 11.8 Å². The van der Waals surface area contributed by atoms with Gasteiger partial charge < -0.3 is 20.0 Å². The lowest BCUT2D eigenvalue weighted by atomic mass is 9.99. The monoisotopic (exact) mass is 565 g/mol. The van der Waals surface area contributed by atoms with Gasteiger partial charge in [-0.05, 0) is 39.6 Å². The number of hydrazine groups is 1. The van der Waals surface area contributed by atoms with Gasteiger partial charge in [-0.15, -0.1) is 0 Å². The highest BCUT2D eigenvalue weighted by molar-refractivity contribution is 5.92. The SMILES string of the molecule is CN(C(O)NCc1ccccc1)N1CC(=O)N2[C@@H](Cc3ccc(O)cc3)C(=O)N(Cc3cccc4ccccc34)C[C@@H]21. The molecule has 4 aromatic carbocycles. The number of rotatable bonds is 9. The van der Waals surface area contributed by atoms with Gasteiger partial charge in [-0.2, -0.15) is 0 Å². The summed E-state index contributed by atoms with van der Waals surface area (Å²) >= 11 is 0. The van der Waals surface area contributed by atoms with Crippen molar-refractivity contribution in [1.82, 2.24) is 25.1 Å². The molecule has 42 heavy (non-hydrogen) atoms. The van der Waals surface area contributed by atoms with Gasteiger partial charge >= 0.3 is 0 Å². The fraction of sp³-hybridized carbons (Fsp3) is 0.273. The minimum Gasteiger partial charge on any atom is -0.508 e. The average Bonchev–Trinajstić information content (AvgIpc) is 3.34. The summed E-state index contributed by atoms with van der Waals surface area (Å²) in [7, 11) is 1.75. The first-order valence-corrected chi connectivity index (χ1v) is 14.2. The summed E-state index contributed by atoms with van der Waals surface area (Å²) in [5.74, 6) is -0.136. The van der Waals surface area contributed by atoms with Gasteiger partial charge in [0.05, 0.1) is 13.1 Å². The number of carbonyl (C=O) groups is 2. The Balaban J connectivity index is 1.28. The molecule has 0 bridgehead atoms. The molecule has 216 valence electrons. The predicted octanol–water partition coefficient (Wildman–Crippen LogP) is 2.88. The van der Waals surface area contributed by atoms with Crippen LogP contribution >= 0.6 is 0 Å². The molecule has 0 aliphatic carbocycles. The third kappa shape index (κ3) is 5.60. The molecule has 0 spiro atoms. The summed E-state index contributed by atoms with van der Waals surface area (Å²) in [6, 6.07) is 30.0. The number of aromatic hydroxyl groups is 1. The van der Waals surface area contributed by atoms with Crippen LogP contribution in [0, 0.1) is 0 Å². The summed E-state index contributed by atoms with van der Waals surface area (Å²) in [5.41, 5.74) is 2.91. The van der Waals surface area contributed by atoms with Crippen LogP contribution < -0.4 is 5.32 Å². The highest BCUT2D eigenvalue weighted by atomic mass is 16.3. The van der Waals surface area contributed by atoms with Gasteiger partial charge in [-0.3, -0.25) is 14.9 Å². The van der Waals surface area contributed by atoms with E-state index in [0.29, 0.717) is 26.1 Å². The van der Waals surface area contributed by atoms with Crippen LogP contribution in [0.15, 0.2) is 97.1 Å². The van der Waals surface area contributed by atoms with Crippen molar-refractivity contribution in [3.63, 3.8) is 0 Å². The number of amides is 2. The van der Waals surface area contributed by atoms with Crippen LogP contribution in [0.3, 0.4) is 0 Å². The Labute approximate surface area is 245 Å². The maximum absolute atomic E-state index is 14.1. The predicted molar refractivity (Wildman–Crippen MR) is 159 cm³/mol. The minimum atomic E-state index is -1.04. The van der Waals surface area contributed by atoms with E-state index >= 15 is 0 Å². The molecule has 2 heterocycles. The minimum absolute atomic E-state index is 0.0483. The van der Waals surface area contributed by atoms with Crippen LogP contribution in [0.25, 0.3) is 10.8 Å². The first-order chi connectivity index (χ1) is 20.4. The van der Waals surface area contributed by atoms with Crippen molar-refractivity contribution in [2.75, 3.05) is 20.1 Å². The van der Waals surface area contributed by atoms with Gasteiger partial charge in [0, 0.05) is 26.6 Å². The van der Waals surface area contributed by atoms with Crippen molar-refractivity contribution in [2.24, 2.45) is 0 Å². The Morgan fingerprint density at radius 1 is 0.905 bits per heavy atom. The topological polar surface area (TPSA) is 99.6 Å². The Hall–Kier alpha value is -4.28. The van der Waals surface area contributed by atoms with Crippen molar-refractivity contribution in [3.05, 3.63) is 114 Å². The fourth-order valence-corrected chi connectivity index (χ4v) is 6.03. The van der Waals surface area contributed by atoms with Gasteiger partial charge in [0.25, 0.3) is 0 Å². The third-order valence-corrected chi connectivity index (χ3v) is 8.26. The van der Waals surface area contributed by atoms with Gasteiger partial charge in [-0.1, -0.05) is 84.9 Å². The molecule has 2 aliphatic heterocycles. The molecule has 9 nitrogen and oxygen atoms in total. The van der Waals surface area contributed by atoms with E-state index in [-0.39, 0.29) is 24.1 Å². The normalized spacial score (nSPS) is 20.0. The number of benzene rings is 4. The largest absolute Gasteiger partial charge is 0.508 e. The third-order valence-electron chi connectivity index (χ3n) is 8.26. The molecule has 0 aromatic heterocycles. The Kier molecular flexibility index (Phi) is 7.90. The van der Waals surface area contributed by atoms with E-state index in [2.05, 4.69) is 23.5 Å². The number of carbonyl (C=O) groups excluding carboxylic acids is 2. The van der Waals surface area contributed by atoms with Crippen LogP contribution in [0.4, 0.5) is 0 Å². The summed E-state index contributed by atoms with van der Waals surface area (Å²) in [6.45, 7) is 1.21. The first kappa shape index (κ1) is 27.9. The Morgan fingerprint density at radius 2 is 1.62 bits per heavy atom. The summed E-state index contributed by atoms with van der Waals surface area (Å²) < 4.78 is 0. The maximum Gasteiger partial charge on any atom is 0.246 e. The number of nitrogens with one attached hydrogen (secondary N) is 1. The van der Waals surface area contributed by atoms with Gasteiger partial charge in [0.15, 0.2) is 6.35 Å². The quantitative estimate of drug-likeness (QED) is 0.269. The second-order valence-electron chi connectivity index (χ2n) is 10.9. The molecule has 9 heteroatoms. The number of piperazine rings is 1. The Bertz CT molecular complexity index is 1560. The molecular weight excluding hydrogens is 530 g/mol. The van der Waals surface area contributed by atoms with Crippen molar-refractivity contribution < 1.29 is 19.8 Å². The van der Waals surface area contributed by atoms with Gasteiger partial charge in [0.1, 0.15) is 18.0 Å². The van der Waals surface area contributed by atoms with E-state index in [1.807, 2.05) is 64.5 Å². The molecule has 0 radical (unpaired) electrons. The molecular formula is C33H35N5O4. The second kappa shape index (κ2) is 11.9. The highest BCUT2D eigenvalue weighted by Crippen LogP contribution is 2.31. The number of hydrogen-bond donors (Lipinski definition) is 3. The fourth-order valence-electron chi connectivity index (χ4n) is 6.03. The number of hydrogen-bond acceptors (Lipinski definition) is 7. The number of fused-ring (bicyclic) bond motifs is 2. The molecule has 2 aliphatic rings. The number of phenols is 1. The van der Waals surface area contributed by atoms with Crippen molar-refractivity contribution in [3.8, 4) is 5.75 Å². The molecule has 2 amide bonds. The maximum atomic E-state index is 14.1. The Morgan fingerprint density at radius 3 is 2.40 bits per heavy atom. The van der Waals surface area contributed by atoms with Crippen molar-refractivity contribution in [1.29, 1.82) is 0 Å². The lowest BCUT2D eigenvalue weighted by Gasteiger charge is -2.46. The van der Waals surface area contributed by atoms with Gasteiger partial charge in [-0.25, -0.2) is 10.0 Å². The number of aliphatic hydroxyl groups is 1. The second-order valence-corrected chi connectivity index (χ2v) is 10.9. The molecule has 2 saturated heterocycles. The lowest BCUT2D eigenvalue weighted by Crippen LogP contribution is -2.66. The standard InChI is InChI=1S/C33H35N5O4/c1-35(33(42)34-19-24-8-3-2-4-9-24)37-22-31(40)38-29(18-23-14-16-27(39)17-15-23)32(41)36(21-30(37)38)20-26-12-7-11-25-10-5-6-13-28(25)26/h2-17,29-30,33-34,39,42H,18-22H2,1H3/t29-,30+,33?/m0/s1. The summed E-state index contributed by atoms with van der Waals surface area (Å²) in [4.78, 5) is 31.1. The first-order valence-electron chi connectivity index (χ1n) is 14.2. The van der Waals surface area contributed by atoms with E-state index in [1.165, 1.54) is 0 Å². The molecule has 6 rings (SSSR count). The zero-order valence-corrected chi connectivity index (χ0v) is 23.5. The van der Waals surface area contributed by atoms with Crippen LogP contribution in [0.5, 0.6) is 5.75 Å². The highest BCUT2D eigenvalue weighted by Gasteiger charge is 2.51. The summed E-state index contributed by atoms with van der Waals surface area (Å²) in [5, 5.41) is 29.6. The number of aliphatic hydroxyl groups excluding tert-OH is 1. The smallest absolute Gasteiger partial charge is 0.246 e. The van der Waals surface area contributed by atoms with E-state index in [9.17, 15) is 19.8 Å². The molecule has 1 unspecified atom stereocenters. The molecule has 3 N–H and O–H groups in total. The molecule has 2 fully saturated rings. The van der Waals surface area contributed by atoms with Crippen LogP contribution in [0.2, 0.25) is 0 Å². The number of phenolic OH excluding ortho intramolecular Hbond substituents is 1.